The number of amides is 2. The molecule has 3 N–H and O–H groups in total. The number of hydrogen-bond acceptors (Lipinski definition) is 3. The van der Waals surface area contributed by atoms with Crippen LogP contribution >= 0.6 is 0 Å². The Kier molecular flexibility index (Phi) is 6.62. The van der Waals surface area contributed by atoms with Gasteiger partial charge in [-0.1, -0.05) is 6.92 Å². The van der Waals surface area contributed by atoms with E-state index < -0.39 is 5.97 Å². The minimum Gasteiger partial charge on any atom is -0.481 e. The fraction of sp³-hybridized carbons (Fsp3) is 0.846. The van der Waals surface area contributed by atoms with Gasteiger partial charge in [0.05, 0.1) is 0 Å². The van der Waals surface area contributed by atoms with Crippen molar-refractivity contribution < 1.29 is 19.8 Å². The molecule has 6 heteroatoms. The molecule has 1 heterocycles. The second-order valence-electron chi connectivity index (χ2n) is 5.36. The van der Waals surface area contributed by atoms with Crippen molar-refractivity contribution in [3.63, 3.8) is 0 Å². The van der Waals surface area contributed by atoms with Crippen LogP contribution in [-0.2, 0) is 4.79 Å². The molecule has 0 radical (unpaired) electrons. The third-order valence-corrected chi connectivity index (χ3v) is 3.52. The lowest BCUT2D eigenvalue weighted by molar-refractivity contribution is -0.137. The summed E-state index contributed by atoms with van der Waals surface area (Å²) < 4.78 is 0. The summed E-state index contributed by atoms with van der Waals surface area (Å²) in [5, 5.41) is 20.5. The molecular weight excluding hydrogens is 248 g/mol. The number of rotatable bonds is 6. The van der Waals surface area contributed by atoms with Crippen molar-refractivity contribution in [3.8, 4) is 0 Å². The number of carbonyl (C=O) groups is 2. The Hall–Kier alpha value is -1.30. The number of carbonyl (C=O) groups excluding carboxylic acids is 1. The molecule has 0 bridgehead atoms. The first-order valence-electron chi connectivity index (χ1n) is 6.88. The summed E-state index contributed by atoms with van der Waals surface area (Å²) in [6.07, 6.45) is 2.59. The average Bonchev–Trinajstić information content (AvgIpc) is 2.42. The zero-order valence-corrected chi connectivity index (χ0v) is 11.5. The largest absolute Gasteiger partial charge is 0.481 e. The molecule has 0 aromatic rings. The Morgan fingerprint density at radius 1 is 1.47 bits per heavy atom. The van der Waals surface area contributed by atoms with E-state index in [1.807, 2.05) is 6.92 Å². The van der Waals surface area contributed by atoms with Crippen molar-refractivity contribution in [2.75, 3.05) is 26.2 Å². The van der Waals surface area contributed by atoms with Gasteiger partial charge in [-0.05, 0) is 31.1 Å². The van der Waals surface area contributed by atoms with E-state index in [1.54, 1.807) is 4.90 Å². The van der Waals surface area contributed by atoms with E-state index in [9.17, 15) is 9.59 Å². The van der Waals surface area contributed by atoms with Gasteiger partial charge in [-0.3, -0.25) is 4.79 Å². The lowest BCUT2D eigenvalue weighted by atomic mass is 9.99. The summed E-state index contributed by atoms with van der Waals surface area (Å²) in [7, 11) is 0. The van der Waals surface area contributed by atoms with Crippen LogP contribution in [0.25, 0.3) is 0 Å². The Balaban J connectivity index is 2.24. The molecule has 2 unspecified atom stereocenters. The molecule has 2 amide bonds. The number of aliphatic carboxylic acids is 1. The van der Waals surface area contributed by atoms with Crippen LogP contribution in [0.2, 0.25) is 0 Å². The number of aliphatic hydroxyl groups is 1. The normalized spacial score (nSPS) is 20.9. The summed E-state index contributed by atoms with van der Waals surface area (Å²) in [5.41, 5.74) is 0. The maximum Gasteiger partial charge on any atom is 0.317 e. The zero-order valence-electron chi connectivity index (χ0n) is 11.5. The van der Waals surface area contributed by atoms with Crippen molar-refractivity contribution in [1.29, 1.82) is 0 Å². The molecule has 0 aromatic carbocycles. The van der Waals surface area contributed by atoms with Gasteiger partial charge < -0.3 is 20.4 Å². The van der Waals surface area contributed by atoms with Crippen LogP contribution in [0.5, 0.6) is 0 Å². The van der Waals surface area contributed by atoms with Crippen LogP contribution in [0.4, 0.5) is 4.79 Å². The smallest absolute Gasteiger partial charge is 0.317 e. The summed E-state index contributed by atoms with van der Waals surface area (Å²) in [4.78, 5) is 24.1. The van der Waals surface area contributed by atoms with E-state index in [1.165, 1.54) is 0 Å². The van der Waals surface area contributed by atoms with E-state index in [4.69, 9.17) is 10.2 Å². The molecule has 0 aromatic heterocycles. The number of urea groups is 1. The van der Waals surface area contributed by atoms with Crippen LogP contribution in [0.15, 0.2) is 0 Å². The summed E-state index contributed by atoms with van der Waals surface area (Å²) in [6, 6.07) is -0.111. The first-order chi connectivity index (χ1) is 9.02. The van der Waals surface area contributed by atoms with E-state index in [-0.39, 0.29) is 30.9 Å². The standard InChI is InChI=1S/C13H24N2O4/c1-10(4-5-12(17)18)7-14-13(19)15-6-2-3-11(8-15)9-16/h10-11,16H,2-9H2,1H3,(H,14,19)(H,17,18). The number of piperidine rings is 1. The number of nitrogens with zero attached hydrogens (tertiary/aromatic N) is 1. The molecule has 0 aliphatic carbocycles. The van der Waals surface area contributed by atoms with Gasteiger partial charge in [-0.2, -0.15) is 0 Å². The third-order valence-electron chi connectivity index (χ3n) is 3.52. The molecule has 110 valence electrons. The molecule has 0 saturated carbocycles. The number of aliphatic hydroxyl groups excluding tert-OH is 1. The number of hydrogen-bond donors (Lipinski definition) is 3. The highest BCUT2D eigenvalue weighted by Gasteiger charge is 2.23. The van der Waals surface area contributed by atoms with Crippen LogP contribution in [0, 0.1) is 11.8 Å². The highest BCUT2D eigenvalue weighted by Crippen LogP contribution is 2.15. The molecule has 1 fully saturated rings. The monoisotopic (exact) mass is 272 g/mol. The van der Waals surface area contributed by atoms with Gasteiger partial charge in [-0.25, -0.2) is 4.79 Å². The predicted octanol–water partition coefficient (Wildman–Crippen LogP) is 0.901. The molecule has 1 aliphatic heterocycles. The van der Waals surface area contributed by atoms with Crippen LogP contribution in [-0.4, -0.2) is 53.4 Å². The predicted molar refractivity (Wildman–Crippen MR) is 70.8 cm³/mol. The first-order valence-corrected chi connectivity index (χ1v) is 6.88. The Labute approximate surface area is 113 Å². The summed E-state index contributed by atoms with van der Waals surface area (Å²) in [6.45, 7) is 3.87. The molecule has 6 nitrogen and oxygen atoms in total. The number of nitrogens with one attached hydrogen (secondary N) is 1. The van der Waals surface area contributed by atoms with Gasteiger partial charge in [0.2, 0.25) is 0 Å². The fourth-order valence-electron chi connectivity index (χ4n) is 2.24. The van der Waals surface area contributed by atoms with Crippen molar-refractivity contribution >= 4 is 12.0 Å². The maximum atomic E-state index is 11.9. The third kappa shape index (κ3) is 5.92. The van der Waals surface area contributed by atoms with Crippen molar-refractivity contribution in [2.24, 2.45) is 11.8 Å². The summed E-state index contributed by atoms with van der Waals surface area (Å²) >= 11 is 0. The van der Waals surface area contributed by atoms with E-state index >= 15 is 0 Å². The van der Waals surface area contributed by atoms with Gasteiger partial charge in [-0.15, -0.1) is 0 Å². The van der Waals surface area contributed by atoms with E-state index in [0.29, 0.717) is 19.5 Å². The topological polar surface area (TPSA) is 89.9 Å². The van der Waals surface area contributed by atoms with Gasteiger partial charge in [0.15, 0.2) is 0 Å². The highest BCUT2D eigenvalue weighted by atomic mass is 16.4. The van der Waals surface area contributed by atoms with Gasteiger partial charge in [0.25, 0.3) is 0 Å². The highest BCUT2D eigenvalue weighted by molar-refractivity contribution is 5.74. The second-order valence-corrected chi connectivity index (χ2v) is 5.36. The Bertz CT molecular complexity index is 309. The van der Waals surface area contributed by atoms with Crippen molar-refractivity contribution in [2.45, 2.75) is 32.6 Å². The Morgan fingerprint density at radius 3 is 2.84 bits per heavy atom. The fourth-order valence-corrected chi connectivity index (χ4v) is 2.24. The first kappa shape index (κ1) is 15.8. The SMILES string of the molecule is CC(CCC(=O)O)CNC(=O)N1CCCC(CO)C1. The van der Waals surface area contributed by atoms with Crippen LogP contribution in [0.3, 0.4) is 0 Å². The van der Waals surface area contributed by atoms with Gasteiger partial charge in [0, 0.05) is 32.7 Å². The second kappa shape index (κ2) is 7.99. The number of carboxylic acid groups (broad SMARTS) is 1. The van der Waals surface area contributed by atoms with Gasteiger partial charge in [0.1, 0.15) is 0 Å². The quantitative estimate of drug-likeness (QED) is 0.670. The maximum absolute atomic E-state index is 11.9. The van der Waals surface area contributed by atoms with Crippen LogP contribution < -0.4 is 5.32 Å². The van der Waals surface area contributed by atoms with Gasteiger partial charge >= 0.3 is 12.0 Å². The van der Waals surface area contributed by atoms with E-state index in [0.717, 1.165) is 19.4 Å². The lowest BCUT2D eigenvalue weighted by Crippen LogP contribution is -2.47. The average molecular weight is 272 g/mol. The summed E-state index contributed by atoms with van der Waals surface area (Å²) in [5.74, 6) is -0.470. The van der Waals surface area contributed by atoms with Crippen LogP contribution in [0.1, 0.15) is 32.6 Å². The Morgan fingerprint density at radius 2 is 2.21 bits per heavy atom. The van der Waals surface area contributed by atoms with E-state index in [2.05, 4.69) is 5.32 Å². The minimum absolute atomic E-state index is 0.111. The lowest BCUT2D eigenvalue weighted by Gasteiger charge is -2.32. The zero-order chi connectivity index (χ0) is 14.3. The number of likely N-dealkylation sites (tertiary alicyclic amines) is 1. The molecule has 0 spiro atoms. The molecule has 19 heavy (non-hydrogen) atoms. The molecule has 1 rings (SSSR count). The molecule has 1 saturated heterocycles. The molecule has 2 atom stereocenters. The molecular formula is C13H24N2O4. The molecule has 1 aliphatic rings. The minimum atomic E-state index is -0.806. The van der Waals surface area contributed by atoms with Crippen molar-refractivity contribution in [1.82, 2.24) is 10.2 Å². The number of carboxylic acids is 1. The van der Waals surface area contributed by atoms with Crippen molar-refractivity contribution in [3.05, 3.63) is 0 Å².